The summed E-state index contributed by atoms with van der Waals surface area (Å²) in [6.07, 6.45) is 3.27. The molecule has 5 amide bonds. The standard InChI is InChI=1S/C14H12N2O6.C9H17NO2/c1-22-10-5-7-6(4-9(10)17)13(20)16(14(7)21)8-2-3-11(18)15-12(8)19;1-9(2,3)12-8(11)10-7-5-4-6-7/h4-5,8,17H,2-3H2,1H3,(H,15,18,19);7H,4-6H2,1-3H3,(H,10,11). The van der Waals surface area contributed by atoms with Crippen molar-refractivity contribution in [3.8, 4) is 11.5 Å². The summed E-state index contributed by atoms with van der Waals surface area (Å²) in [4.78, 5) is 59.8. The molecule has 11 nitrogen and oxygen atoms in total. The molecule has 1 aliphatic carbocycles. The van der Waals surface area contributed by atoms with Gasteiger partial charge in [-0.25, -0.2) is 4.79 Å². The Morgan fingerprint density at radius 2 is 1.71 bits per heavy atom. The summed E-state index contributed by atoms with van der Waals surface area (Å²) in [6, 6.07) is 1.73. The third-order valence-electron chi connectivity index (χ3n) is 5.57. The minimum absolute atomic E-state index is 0.00741. The molecule has 3 aliphatic rings. The fraction of sp³-hybridized carbons (Fsp3) is 0.522. The number of rotatable bonds is 3. The maximum absolute atomic E-state index is 12.4. The van der Waals surface area contributed by atoms with E-state index in [1.807, 2.05) is 20.8 Å². The van der Waals surface area contributed by atoms with Crippen LogP contribution in [0.2, 0.25) is 0 Å². The quantitative estimate of drug-likeness (QED) is 0.561. The van der Waals surface area contributed by atoms with Crippen LogP contribution in [0.25, 0.3) is 0 Å². The van der Waals surface area contributed by atoms with Crippen LogP contribution in [-0.2, 0) is 14.3 Å². The molecule has 2 aliphatic heterocycles. The molecule has 1 atom stereocenters. The zero-order valence-corrected chi connectivity index (χ0v) is 19.6. The normalized spacial score (nSPS) is 20.0. The van der Waals surface area contributed by atoms with E-state index >= 15 is 0 Å². The molecule has 1 saturated heterocycles. The van der Waals surface area contributed by atoms with Crippen molar-refractivity contribution >= 4 is 29.7 Å². The number of alkyl carbamates (subject to hydrolysis) is 1. The lowest BCUT2D eigenvalue weighted by Gasteiger charge is -2.28. The summed E-state index contributed by atoms with van der Waals surface area (Å²) in [7, 11) is 1.32. The highest BCUT2D eigenvalue weighted by Gasteiger charge is 2.45. The van der Waals surface area contributed by atoms with Gasteiger partial charge in [-0.05, 0) is 58.6 Å². The number of nitrogens with one attached hydrogen (secondary N) is 2. The highest BCUT2D eigenvalue weighted by atomic mass is 16.6. The van der Waals surface area contributed by atoms with Gasteiger partial charge in [0.25, 0.3) is 11.8 Å². The maximum atomic E-state index is 12.4. The first-order valence-electron chi connectivity index (χ1n) is 11.0. The summed E-state index contributed by atoms with van der Waals surface area (Å²) in [6.45, 7) is 5.61. The maximum Gasteiger partial charge on any atom is 0.407 e. The van der Waals surface area contributed by atoms with E-state index in [9.17, 15) is 29.1 Å². The Balaban J connectivity index is 0.000000229. The Hall–Kier alpha value is -3.63. The summed E-state index contributed by atoms with van der Waals surface area (Å²) in [5.74, 6) is -2.64. The molecule has 184 valence electrons. The van der Waals surface area contributed by atoms with Crippen LogP contribution in [0.15, 0.2) is 12.1 Å². The molecule has 2 heterocycles. The number of aromatic hydroxyl groups is 1. The van der Waals surface area contributed by atoms with E-state index in [2.05, 4.69) is 10.6 Å². The molecular formula is C23H29N3O8. The van der Waals surface area contributed by atoms with Gasteiger partial charge in [-0.2, -0.15) is 0 Å². The highest BCUT2D eigenvalue weighted by molar-refractivity contribution is 6.23. The number of carbonyl (C=O) groups is 5. The Bertz CT molecular complexity index is 1030. The van der Waals surface area contributed by atoms with Crippen molar-refractivity contribution in [1.82, 2.24) is 15.5 Å². The molecule has 11 heteroatoms. The second-order valence-corrected chi connectivity index (χ2v) is 9.29. The summed E-state index contributed by atoms with van der Waals surface area (Å²) >= 11 is 0. The lowest BCUT2D eigenvalue weighted by atomic mass is 9.93. The van der Waals surface area contributed by atoms with Gasteiger partial charge in [-0.15, -0.1) is 0 Å². The Morgan fingerprint density at radius 1 is 1.09 bits per heavy atom. The van der Waals surface area contributed by atoms with Crippen molar-refractivity contribution < 1.29 is 38.6 Å². The number of ether oxygens (including phenoxy) is 2. The van der Waals surface area contributed by atoms with Gasteiger partial charge in [-0.3, -0.25) is 29.4 Å². The number of imide groups is 2. The number of phenolic OH excluding ortho intramolecular Hbond substituents is 1. The van der Waals surface area contributed by atoms with Gasteiger partial charge in [0.15, 0.2) is 11.5 Å². The number of phenols is 1. The predicted octanol–water partition coefficient (Wildman–Crippen LogP) is 1.87. The highest BCUT2D eigenvalue weighted by Crippen LogP contribution is 2.35. The predicted molar refractivity (Wildman–Crippen MR) is 118 cm³/mol. The minimum Gasteiger partial charge on any atom is -0.504 e. The first-order valence-corrected chi connectivity index (χ1v) is 11.0. The molecule has 1 aromatic rings. The topological polar surface area (TPSA) is 151 Å². The van der Waals surface area contributed by atoms with Crippen molar-refractivity contribution in [2.24, 2.45) is 0 Å². The second-order valence-electron chi connectivity index (χ2n) is 9.29. The van der Waals surface area contributed by atoms with Crippen molar-refractivity contribution in [3.63, 3.8) is 0 Å². The molecular weight excluding hydrogens is 446 g/mol. The number of nitrogens with zero attached hydrogens (tertiary/aromatic N) is 1. The van der Waals surface area contributed by atoms with Crippen LogP contribution in [-0.4, -0.2) is 64.5 Å². The van der Waals surface area contributed by atoms with Gasteiger partial charge >= 0.3 is 6.09 Å². The molecule has 1 aromatic carbocycles. The summed E-state index contributed by atoms with van der Waals surface area (Å²) < 4.78 is 10.0. The van der Waals surface area contributed by atoms with Crippen molar-refractivity contribution in [2.75, 3.05) is 7.11 Å². The number of hydrogen-bond donors (Lipinski definition) is 3. The number of hydrogen-bond acceptors (Lipinski definition) is 8. The molecule has 0 bridgehead atoms. The average Bonchev–Trinajstić information content (AvgIpc) is 2.93. The number of methoxy groups -OCH3 is 1. The fourth-order valence-electron chi connectivity index (χ4n) is 3.68. The fourth-order valence-corrected chi connectivity index (χ4v) is 3.68. The molecule has 0 spiro atoms. The van der Waals surface area contributed by atoms with E-state index in [4.69, 9.17) is 9.47 Å². The molecule has 0 aromatic heterocycles. The van der Waals surface area contributed by atoms with Crippen LogP contribution in [0.4, 0.5) is 4.79 Å². The number of amides is 5. The zero-order valence-electron chi connectivity index (χ0n) is 19.6. The zero-order chi connectivity index (χ0) is 25.2. The lowest BCUT2D eigenvalue weighted by Crippen LogP contribution is -2.54. The van der Waals surface area contributed by atoms with Crippen LogP contribution >= 0.6 is 0 Å². The minimum atomic E-state index is -1.03. The number of carbonyl (C=O) groups excluding carboxylic acids is 5. The molecule has 1 saturated carbocycles. The molecule has 2 fully saturated rings. The summed E-state index contributed by atoms with van der Waals surface area (Å²) in [5, 5.41) is 14.7. The second kappa shape index (κ2) is 9.70. The smallest absolute Gasteiger partial charge is 0.407 e. The van der Waals surface area contributed by atoms with Gasteiger partial charge in [0.1, 0.15) is 11.6 Å². The van der Waals surface area contributed by atoms with Crippen molar-refractivity contribution in [2.45, 2.75) is 70.6 Å². The summed E-state index contributed by atoms with van der Waals surface area (Å²) in [5.41, 5.74) is -0.314. The van der Waals surface area contributed by atoms with Crippen LogP contribution in [0.5, 0.6) is 11.5 Å². The van der Waals surface area contributed by atoms with Crippen LogP contribution < -0.4 is 15.4 Å². The van der Waals surface area contributed by atoms with Gasteiger partial charge < -0.3 is 19.9 Å². The Morgan fingerprint density at radius 3 is 2.21 bits per heavy atom. The largest absolute Gasteiger partial charge is 0.504 e. The third-order valence-corrected chi connectivity index (χ3v) is 5.57. The van der Waals surface area contributed by atoms with Crippen LogP contribution in [0.3, 0.4) is 0 Å². The van der Waals surface area contributed by atoms with Gasteiger partial charge in [-0.1, -0.05) is 0 Å². The first-order chi connectivity index (χ1) is 15.9. The van der Waals surface area contributed by atoms with Gasteiger partial charge in [0, 0.05) is 12.5 Å². The third kappa shape index (κ3) is 5.46. The molecule has 34 heavy (non-hydrogen) atoms. The molecule has 1 unspecified atom stereocenters. The van der Waals surface area contributed by atoms with Crippen LogP contribution in [0, 0.1) is 0 Å². The van der Waals surface area contributed by atoms with E-state index < -0.39 is 29.7 Å². The van der Waals surface area contributed by atoms with Gasteiger partial charge in [0.05, 0.1) is 18.2 Å². The first kappa shape index (κ1) is 25.0. The molecule has 3 N–H and O–H groups in total. The SMILES string of the molecule is CC(C)(C)OC(=O)NC1CCC1.COc1cc2c(cc1O)C(=O)N(C1CCC(=O)NC1=O)C2=O. The Labute approximate surface area is 196 Å². The average molecular weight is 475 g/mol. The number of piperidine rings is 1. The van der Waals surface area contributed by atoms with E-state index in [-0.39, 0.29) is 47.2 Å². The molecule has 4 rings (SSSR count). The molecule has 0 radical (unpaired) electrons. The van der Waals surface area contributed by atoms with Crippen molar-refractivity contribution in [3.05, 3.63) is 23.3 Å². The van der Waals surface area contributed by atoms with Crippen molar-refractivity contribution in [1.29, 1.82) is 0 Å². The van der Waals surface area contributed by atoms with Gasteiger partial charge in [0.2, 0.25) is 11.8 Å². The van der Waals surface area contributed by atoms with E-state index in [0.29, 0.717) is 6.04 Å². The lowest BCUT2D eigenvalue weighted by molar-refractivity contribution is -0.136. The van der Waals surface area contributed by atoms with E-state index in [1.54, 1.807) is 0 Å². The number of fused-ring (bicyclic) bond motifs is 1. The van der Waals surface area contributed by atoms with E-state index in [0.717, 1.165) is 23.8 Å². The monoisotopic (exact) mass is 475 g/mol. The van der Waals surface area contributed by atoms with E-state index in [1.165, 1.54) is 19.6 Å². The number of benzene rings is 1. The Kier molecular flexibility index (Phi) is 7.13. The van der Waals surface area contributed by atoms with Crippen LogP contribution in [0.1, 0.15) is 73.6 Å².